The van der Waals surface area contributed by atoms with E-state index in [9.17, 15) is 10.1 Å². The zero-order chi connectivity index (χ0) is 17.4. The number of aromatic nitrogens is 1. The summed E-state index contributed by atoms with van der Waals surface area (Å²) in [5, 5.41) is 9.89. The first kappa shape index (κ1) is 15.5. The molecule has 0 bridgehead atoms. The summed E-state index contributed by atoms with van der Waals surface area (Å²) in [5.74, 6) is 0.946. The number of Topliss-reactive ketones (excluding diaryl/α,β-unsaturated/α-hetero) is 1. The molecule has 0 spiro atoms. The highest BCUT2D eigenvalue weighted by atomic mass is 16.5. The summed E-state index contributed by atoms with van der Waals surface area (Å²) in [6, 6.07) is 14.1. The fraction of sp³-hybridized carbons (Fsp3) is 0.238. The molecule has 1 aliphatic heterocycles. The van der Waals surface area contributed by atoms with Crippen molar-refractivity contribution in [2.75, 3.05) is 0 Å². The van der Waals surface area contributed by atoms with Crippen LogP contribution in [0.15, 0.2) is 65.7 Å². The molecule has 0 saturated heterocycles. The molecule has 1 aromatic heterocycles. The Kier molecular flexibility index (Phi) is 3.77. The first-order valence-corrected chi connectivity index (χ1v) is 8.47. The number of rotatable bonds is 2. The molecule has 0 N–H and O–H groups in total. The molecule has 0 amide bonds. The maximum atomic E-state index is 12.7. The van der Waals surface area contributed by atoms with Gasteiger partial charge in [0.25, 0.3) is 0 Å². The minimum atomic E-state index is -0.362. The molecule has 2 aliphatic rings. The van der Waals surface area contributed by atoms with Crippen molar-refractivity contribution in [3.8, 4) is 6.07 Å². The fourth-order valence-corrected chi connectivity index (χ4v) is 3.57. The van der Waals surface area contributed by atoms with Crippen LogP contribution in [0.3, 0.4) is 0 Å². The minimum Gasteiger partial charge on any atom is -0.443 e. The highest BCUT2D eigenvalue weighted by molar-refractivity contribution is 6.00. The summed E-state index contributed by atoms with van der Waals surface area (Å²) >= 11 is 0. The highest BCUT2D eigenvalue weighted by Crippen LogP contribution is 2.45. The molecule has 1 aliphatic carbocycles. The van der Waals surface area contributed by atoms with Gasteiger partial charge in [-0.1, -0.05) is 29.8 Å². The molecule has 25 heavy (non-hydrogen) atoms. The van der Waals surface area contributed by atoms with Crippen LogP contribution in [-0.4, -0.2) is 10.4 Å². The highest BCUT2D eigenvalue weighted by Gasteiger charge is 2.38. The Morgan fingerprint density at radius 1 is 1.16 bits per heavy atom. The van der Waals surface area contributed by atoms with Crippen molar-refractivity contribution in [1.82, 2.24) is 4.57 Å². The molecule has 0 fully saturated rings. The van der Waals surface area contributed by atoms with Gasteiger partial charge in [-0.3, -0.25) is 9.36 Å². The van der Waals surface area contributed by atoms with Gasteiger partial charge in [0, 0.05) is 30.8 Å². The van der Waals surface area contributed by atoms with Crippen molar-refractivity contribution in [3.63, 3.8) is 0 Å². The third kappa shape index (κ3) is 2.58. The Morgan fingerprint density at radius 3 is 2.56 bits per heavy atom. The van der Waals surface area contributed by atoms with Gasteiger partial charge >= 0.3 is 0 Å². The molecule has 0 radical (unpaired) electrons. The Balaban J connectivity index is 1.94. The summed E-state index contributed by atoms with van der Waals surface area (Å²) in [6.45, 7) is 2.02. The van der Waals surface area contributed by atoms with E-state index in [1.165, 1.54) is 0 Å². The lowest BCUT2D eigenvalue weighted by atomic mass is 9.77. The molecule has 2 heterocycles. The number of hydrogen-bond acceptors (Lipinski definition) is 3. The van der Waals surface area contributed by atoms with Gasteiger partial charge in [0.2, 0.25) is 5.88 Å². The number of carbonyl (C=O) groups excluding carboxylic acids is 1. The lowest BCUT2D eigenvalue weighted by Gasteiger charge is -2.32. The summed E-state index contributed by atoms with van der Waals surface area (Å²) in [6.07, 6.45) is 5.75. The molecular weight excluding hydrogens is 312 g/mol. The lowest BCUT2D eigenvalue weighted by Crippen LogP contribution is -2.26. The molecule has 2 aromatic rings. The average molecular weight is 330 g/mol. The summed E-state index contributed by atoms with van der Waals surface area (Å²) in [7, 11) is 0. The van der Waals surface area contributed by atoms with Gasteiger partial charge in [-0.2, -0.15) is 5.26 Å². The zero-order valence-corrected chi connectivity index (χ0v) is 14.0. The second-order valence-corrected chi connectivity index (χ2v) is 6.48. The van der Waals surface area contributed by atoms with Crippen LogP contribution in [-0.2, 0) is 9.53 Å². The van der Waals surface area contributed by atoms with E-state index >= 15 is 0 Å². The topological polar surface area (TPSA) is 55.0 Å². The van der Waals surface area contributed by atoms with Gasteiger partial charge in [-0.15, -0.1) is 0 Å². The SMILES string of the molecule is Cc1ccc([C@H]2C(C#N)=C(n3cccc3)OC3=C2C(=O)CCC3)cc1. The number of benzene rings is 1. The molecule has 4 rings (SSSR count). The van der Waals surface area contributed by atoms with Crippen LogP contribution in [0.1, 0.15) is 36.3 Å². The van der Waals surface area contributed by atoms with Crippen LogP contribution < -0.4 is 0 Å². The Bertz CT molecular complexity index is 925. The summed E-state index contributed by atoms with van der Waals surface area (Å²) < 4.78 is 7.87. The third-order valence-corrected chi connectivity index (χ3v) is 4.81. The predicted octanol–water partition coefficient (Wildman–Crippen LogP) is 4.31. The van der Waals surface area contributed by atoms with E-state index in [2.05, 4.69) is 6.07 Å². The minimum absolute atomic E-state index is 0.0890. The van der Waals surface area contributed by atoms with Gasteiger partial charge in [-0.05, 0) is 31.0 Å². The van der Waals surface area contributed by atoms with Gasteiger partial charge in [0.05, 0.1) is 5.92 Å². The number of ketones is 1. The standard InChI is InChI=1S/C21H18N2O2/c1-14-7-9-15(10-8-14)19-16(13-22)21(23-11-2-3-12-23)25-18-6-4-5-17(24)20(18)19/h2-3,7-12,19H,4-6H2,1H3/t19-/m0/s1. The normalized spacial score (nSPS) is 20.2. The van der Waals surface area contributed by atoms with Crippen molar-refractivity contribution in [1.29, 1.82) is 5.26 Å². The number of allylic oxidation sites excluding steroid dienone is 3. The van der Waals surface area contributed by atoms with Crippen LogP contribution in [0.2, 0.25) is 0 Å². The molecular formula is C21H18N2O2. The van der Waals surface area contributed by atoms with Crippen molar-refractivity contribution in [2.45, 2.75) is 32.1 Å². The van der Waals surface area contributed by atoms with Crippen LogP contribution in [0.25, 0.3) is 5.88 Å². The number of nitriles is 1. The summed E-state index contributed by atoms with van der Waals surface area (Å²) in [5.41, 5.74) is 3.24. The zero-order valence-electron chi connectivity index (χ0n) is 14.0. The number of hydrogen-bond donors (Lipinski definition) is 0. The Morgan fingerprint density at radius 2 is 1.88 bits per heavy atom. The van der Waals surface area contributed by atoms with E-state index in [1.807, 2.05) is 60.3 Å². The molecule has 1 aromatic carbocycles. The number of nitrogens with zero attached hydrogens (tertiary/aromatic N) is 2. The number of aryl methyl sites for hydroxylation is 1. The van der Waals surface area contributed by atoms with Crippen LogP contribution in [0, 0.1) is 18.3 Å². The largest absolute Gasteiger partial charge is 0.443 e. The number of ether oxygens (including phenoxy) is 1. The van der Waals surface area contributed by atoms with Crippen molar-refractivity contribution in [2.24, 2.45) is 0 Å². The maximum absolute atomic E-state index is 12.7. The van der Waals surface area contributed by atoms with E-state index in [1.54, 1.807) is 0 Å². The second kappa shape index (κ2) is 6.10. The second-order valence-electron chi connectivity index (χ2n) is 6.48. The Labute approximate surface area is 146 Å². The Hall–Kier alpha value is -3.06. The van der Waals surface area contributed by atoms with E-state index in [4.69, 9.17) is 4.74 Å². The fourth-order valence-electron chi connectivity index (χ4n) is 3.57. The first-order valence-electron chi connectivity index (χ1n) is 8.47. The molecule has 4 heteroatoms. The average Bonchev–Trinajstić information content (AvgIpc) is 3.15. The predicted molar refractivity (Wildman–Crippen MR) is 94.2 cm³/mol. The molecule has 124 valence electrons. The summed E-state index contributed by atoms with van der Waals surface area (Å²) in [4.78, 5) is 12.7. The van der Waals surface area contributed by atoms with E-state index in [0.29, 0.717) is 29.2 Å². The van der Waals surface area contributed by atoms with Crippen molar-refractivity contribution >= 4 is 11.7 Å². The number of carbonyl (C=O) groups is 1. The molecule has 0 unspecified atom stereocenters. The van der Waals surface area contributed by atoms with Gasteiger partial charge in [-0.25, -0.2) is 0 Å². The molecule has 0 saturated carbocycles. The van der Waals surface area contributed by atoms with Crippen molar-refractivity contribution < 1.29 is 9.53 Å². The van der Waals surface area contributed by atoms with E-state index in [-0.39, 0.29) is 11.7 Å². The third-order valence-electron chi connectivity index (χ3n) is 4.81. The monoisotopic (exact) mass is 330 g/mol. The smallest absolute Gasteiger partial charge is 0.218 e. The molecule has 4 nitrogen and oxygen atoms in total. The van der Waals surface area contributed by atoms with Crippen LogP contribution >= 0.6 is 0 Å². The van der Waals surface area contributed by atoms with Gasteiger partial charge < -0.3 is 4.74 Å². The maximum Gasteiger partial charge on any atom is 0.218 e. The van der Waals surface area contributed by atoms with Crippen molar-refractivity contribution in [3.05, 3.63) is 76.8 Å². The van der Waals surface area contributed by atoms with Gasteiger partial charge in [0.15, 0.2) is 5.78 Å². The lowest BCUT2D eigenvalue weighted by molar-refractivity contribution is -0.116. The van der Waals surface area contributed by atoms with E-state index in [0.717, 1.165) is 24.0 Å². The van der Waals surface area contributed by atoms with Gasteiger partial charge in [0.1, 0.15) is 17.4 Å². The van der Waals surface area contributed by atoms with Crippen LogP contribution in [0.5, 0.6) is 0 Å². The quantitative estimate of drug-likeness (QED) is 0.824. The van der Waals surface area contributed by atoms with Crippen LogP contribution in [0.4, 0.5) is 0 Å². The molecule has 1 atom stereocenters. The van der Waals surface area contributed by atoms with E-state index < -0.39 is 0 Å². The first-order chi connectivity index (χ1) is 12.2.